The van der Waals surface area contributed by atoms with Crippen LogP contribution in [0.1, 0.15) is 109 Å². The number of para-hydroxylation sites is 3. The lowest BCUT2D eigenvalue weighted by Crippen LogP contribution is -2.34. The summed E-state index contributed by atoms with van der Waals surface area (Å²) in [6.45, 7) is 23.2. The molecule has 4 nitrogen and oxygen atoms in total. The van der Waals surface area contributed by atoms with E-state index in [1.807, 2.05) is 18.2 Å². The molecule has 0 fully saturated rings. The van der Waals surface area contributed by atoms with Crippen LogP contribution in [0.5, 0.6) is 11.5 Å². The summed E-state index contributed by atoms with van der Waals surface area (Å²) in [7, 11) is 0. The average Bonchev–Trinajstić information content (AvgIpc) is 3.88. The summed E-state index contributed by atoms with van der Waals surface area (Å²) < 4.78 is 14.9. The number of anilines is 6. The van der Waals surface area contributed by atoms with Gasteiger partial charge < -0.3 is 19.0 Å². The van der Waals surface area contributed by atoms with E-state index in [-0.39, 0.29) is 21.7 Å². The Balaban J connectivity index is 1.18. The molecule has 2 aromatic heterocycles. The maximum atomic E-state index is 8.18. The van der Waals surface area contributed by atoms with Crippen LogP contribution in [0.2, 0.25) is 5.02 Å². The molecule has 0 amide bonds. The van der Waals surface area contributed by atoms with E-state index in [1.54, 1.807) is 11.3 Å². The number of halogens is 1. The highest BCUT2D eigenvalue weighted by Crippen LogP contribution is 2.55. The Kier molecular flexibility index (Phi) is 9.69. The van der Waals surface area contributed by atoms with Crippen LogP contribution in [-0.2, 0) is 21.7 Å². The molecular formula is C60H57ClN2O2S. The standard InChI is InChI=1S/C60H57ClN2O2S/c1-36-30-48(62(47-19-15-17-41-40-16-11-13-20-51(40)65-56(41)47)39-24-26-45-53(34-39)64-52-21-14-12-18-44(52)60(45,9)10)55(61)49(31-36)63(50-35-66-54-27-22-37(32-42(50)54)57(2,3)4)38-23-25-43-46(33-38)59(7,8)29-28-58(43,5)6/h11-27,30-35H,28-29H2,1-10H3. The highest BCUT2D eigenvalue weighted by molar-refractivity contribution is 7.17. The third-order valence-corrected chi connectivity index (χ3v) is 16.1. The third kappa shape index (κ3) is 6.75. The van der Waals surface area contributed by atoms with Crippen LogP contribution < -0.4 is 14.5 Å². The van der Waals surface area contributed by atoms with Crippen LogP contribution in [0.3, 0.4) is 0 Å². The van der Waals surface area contributed by atoms with Crippen LogP contribution in [-0.4, -0.2) is 0 Å². The molecule has 1 aliphatic carbocycles. The predicted molar refractivity (Wildman–Crippen MR) is 281 cm³/mol. The zero-order valence-corrected chi connectivity index (χ0v) is 41.3. The summed E-state index contributed by atoms with van der Waals surface area (Å²) in [4.78, 5) is 4.71. The summed E-state index contributed by atoms with van der Waals surface area (Å²) in [6, 6.07) is 48.3. The van der Waals surface area contributed by atoms with Gasteiger partial charge in [0, 0.05) is 54.5 Å². The number of thiophene rings is 1. The number of hydrogen-bond acceptors (Lipinski definition) is 5. The van der Waals surface area contributed by atoms with Crippen molar-refractivity contribution in [2.45, 2.75) is 104 Å². The highest BCUT2D eigenvalue weighted by Gasteiger charge is 2.39. The Morgan fingerprint density at radius 1 is 0.561 bits per heavy atom. The van der Waals surface area contributed by atoms with E-state index in [9.17, 15) is 0 Å². The third-order valence-electron chi connectivity index (χ3n) is 14.7. The molecule has 7 aromatic carbocycles. The van der Waals surface area contributed by atoms with Crippen molar-refractivity contribution in [3.05, 3.63) is 177 Å². The summed E-state index contributed by atoms with van der Waals surface area (Å²) >= 11 is 9.96. The first kappa shape index (κ1) is 42.6. The molecule has 3 heterocycles. The molecule has 1 aliphatic heterocycles. The van der Waals surface area contributed by atoms with Crippen molar-refractivity contribution in [1.82, 2.24) is 0 Å². The highest BCUT2D eigenvalue weighted by atomic mass is 35.5. The normalized spacial score (nSPS) is 15.9. The molecule has 0 N–H and O–H groups in total. The van der Waals surface area contributed by atoms with Gasteiger partial charge in [-0.15, -0.1) is 11.3 Å². The van der Waals surface area contributed by atoms with E-state index < -0.39 is 0 Å². The number of benzene rings is 7. The number of fused-ring (bicyclic) bond motifs is 7. The quantitative estimate of drug-likeness (QED) is 0.166. The van der Waals surface area contributed by atoms with Gasteiger partial charge in [-0.25, -0.2) is 0 Å². The largest absolute Gasteiger partial charge is 0.457 e. The second-order valence-electron chi connectivity index (χ2n) is 21.5. The minimum atomic E-state index is -0.268. The first-order chi connectivity index (χ1) is 31.4. The number of hydrogen-bond donors (Lipinski definition) is 0. The molecule has 0 unspecified atom stereocenters. The Morgan fingerprint density at radius 3 is 1.95 bits per heavy atom. The Morgan fingerprint density at radius 2 is 1.20 bits per heavy atom. The van der Waals surface area contributed by atoms with E-state index in [0.29, 0.717) is 5.02 Å². The zero-order chi connectivity index (χ0) is 46.1. The van der Waals surface area contributed by atoms with Crippen molar-refractivity contribution in [2.75, 3.05) is 9.80 Å². The van der Waals surface area contributed by atoms with Crippen LogP contribution in [0, 0.1) is 6.92 Å². The fourth-order valence-electron chi connectivity index (χ4n) is 10.7. The molecule has 0 saturated carbocycles. The minimum absolute atomic E-state index is 0.00980. The smallest absolute Gasteiger partial charge is 0.159 e. The van der Waals surface area contributed by atoms with E-state index in [0.717, 1.165) is 91.5 Å². The van der Waals surface area contributed by atoms with E-state index >= 15 is 0 Å². The summed E-state index contributed by atoms with van der Waals surface area (Å²) in [5.74, 6) is 1.70. The first-order valence-corrected chi connectivity index (χ1v) is 24.6. The maximum absolute atomic E-state index is 8.18. The minimum Gasteiger partial charge on any atom is -0.457 e. The molecule has 2 aliphatic rings. The predicted octanol–water partition coefficient (Wildman–Crippen LogP) is 18.8. The maximum Gasteiger partial charge on any atom is 0.159 e. The number of nitrogens with zero attached hydrogens (tertiary/aromatic N) is 2. The lowest BCUT2D eigenvalue weighted by molar-refractivity contribution is 0.332. The fourth-order valence-corrected chi connectivity index (χ4v) is 11.9. The van der Waals surface area contributed by atoms with Gasteiger partial charge in [0.1, 0.15) is 17.1 Å². The molecule has 0 spiro atoms. The van der Waals surface area contributed by atoms with Crippen LogP contribution in [0.4, 0.5) is 34.1 Å². The van der Waals surface area contributed by atoms with Gasteiger partial charge >= 0.3 is 0 Å². The molecule has 0 radical (unpaired) electrons. The molecule has 332 valence electrons. The lowest BCUT2D eigenvalue weighted by atomic mass is 9.63. The molecule has 9 aromatic rings. The van der Waals surface area contributed by atoms with Gasteiger partial charge in [-0.05, 0) is 119 Å². The van der Waals surface area contributed by atoms with Gasteiger partial charge in [0.15, 0.2) is 5.58 Å². The monoisotopic (exact) mass is 904 g/mol. The van der Waals surface area contributed by atoms with Gasteiger partial charge in [0.05, 0.1) is 33.5 Å². The molecule has 0 atom stereocenters. The summed E-state index contributed by atoms with van der Waals surface area (Å²) in [5, 5.41) is 6.27. The average molecular weight is 906 g/mol. The first-order valence-electron chi connectivity index (χ1n) is 23.3. The summed E-state index contributed by atoms with van der Waals surface area (Å²) in [5.41, 5.74) is 14.7. The van der Waals surface area contributed by atoms with Gasteiger partial charge in [-0.3, -0.25) is 0 Å². The number of aryl methyl sites for hydroxylation is 1. The molecular weight excluding hydrogens is 848 g/mol. The van der Waals surface area contributed by atoms with Crippen molar-refractivity contribution in [2.24, 2.45) is 0 Å². The second-order valence-corrected chi connectivity index (χ2v) is 22.8. The Bertz CT molecular complexity index is 3420. The topological polar surface area (TPSA) is 28.9 Å². The van der Waals surface area contributed by atoms with Gasteiger partial charge in [0.25, 0.3) is 0 Å². The molecule has 0 saturated heterocycles. The Hall–Kier alpha value is -6.01. The lowest BCUT2D eigenvalue weighted by Gasteiger charge is -2.42. The fraction of sp³-hybridized carbons (Fsp3) is 0.267. The number of ether oxygens (including phenoxy) is 1. The second kappa shape index (κ2) is 15.0. The summed E-state index contributed by atoms with van der Waals surface area (Å²) in [6.07, 6.45) is 2.27. The van der Waals surface area contributed by atoms with Gasteiger partial charge in [-0.1, -0.05) is 141 Å². The van der Waals surface area contributed by atoms with Crippen LogP contribution in [0.25, 0.3) is 32.0 Å². The Labute approximate surface area is 398 Å². The van der Waals surface area contributed by atoms with Crippen molar-refractivity contribution in [3.8, 4) is 11.5 Å². The molecule has 11 rings (SSSR count). The molecule has 66 heavy (non-hydrogen) atoms. The number of furan rings is 1. The van der Waals surface area contributed by atoms with Gasteiger partial charge in [-0.2, -0.15) is 0 Å². The van der Waals surface area contributed by atoms with Gasteiger partial charge in [0.2, 0.25) is 0 Å². The van der Waals surface area contributed by atoms with Crippen LogP contribution in [0.15, 0.2) is 143 Å². The van der Waals surface area contributed by atoms with Crippen molar-refractivity contribution in [1.29, 1.82) is 0 Å². The SMILES string of the molecule is Cc1cc(N(c2ccc3c(c2)C(C)(C)CCC3(C)C)c2csc3ccc(C(C)(C)C)cc23)c(Cl)c(N(c2ccc3c(c2)Oc2ccccc2C3(C)C)c2cccc3c2oc2ccccc23)c1. The number of rotatable bonds is 6. The molecule has 6 heteroatoms. The molecule has 0 bridgehead atoms. The van der Waals surface area contributed by atoms with Crippen molar-refractivity contribution >= 4 is 89.1 Å². The van der Waals surface area contributed by atoms with Crippen molar-refractivity contribution in [3.63, 3.8) is 0 Å². The van der Waals surface area contributed by atoms with E-state index in [4.69, 9.17) is 20.8 Å². The van der Waals surface area contributed by atoms with Crippen LogP contribution >= 0.6 is 22.9 Å². The van der Waals surface area contributed by atoms with E-state index in [1.165, 1.54) is 32.3 Å². The zero-order valence-electron chi connectivity index (χ0n) is 39.7. The van der Waals surface area contributed by atoms with E-state index in [2.05, 4.69) is 200 Å². The van der Waals surface area contributed by atoms with Crippen molar-refractivity contribution < 1.29 is 9.15 Å².